The number of halogens is 1. The molecule has 1 aromatic carbocycles. The van der Waals surface area contributed by atoms with E-state index in [4.69, 9.17) is 16.6 Å². The molecule has 0 aliphatic carbocycles. The number of anilines is 2. The third-order valence-electron chi connectivity index (χ3n) is 3.38. The quantitative estimate of drug-likeness (QED) is 0.606. The van der Waals surface area contributed by atoms with Gasteiger partial charge in [-0.3, -0.25) is 4.79 Å². The fraction of sp³-hybridized carbons (Fsp3) is 0.286. The van der Waals surface area contributed by atoms with Gasteiger partial charge in [0.1, 0.15) is 5.56 Å². The number of nitrogen functional groups attached to an aromatic ring is 1. The van der Waals surface area contributed by atoms with Crippen LogP contribution >= 0.6 is 0 Å². The number of pyridine rings is 1. The molecule has 0 radical (unpaired) electrons. The number of hydrogen-bond acceptors (Lipinski definition) is 5. The summed E-state index contributed by atoms with van der Waals surface area (Å²) in [6.07, 6.45) is 1.23. The summed E-state index contributed by atoms with van der Waals surface area (Å²) < 4.78 is 15.8. The number of nitrogens with zero attached hydrogens (tertiary/aromatic N) is 1. The molecule has 0 unspecified atom stereocenters. The van der Waals surface area contributed by atoms with Crippen LogP contribution in [0.15, 0.2) is 17.1 Å². The highest BCUT2D eigenvalue weighted by atomic mass is 19.1. The van der Waals surface area contributed by atoms with Gasteiger partial charge in [0, 0.05) is 25.8 Å². The molecule has 0 saturated heterocycles. The minimum atomic E-state index is -1.38. The summed E-state index contributed by atoms with van der Waals surface area (Å²) in [5.41, 5.74) is 9.99. The van der Waals surface area contributed by atoms with E-state index in [2.05, 4.69) is 5.32 Å². The van der Waals surface area contributed by atoms with Gasteiger partial charge in [-0.05, 0) is 13.0 Å². The first-order valence-electron chi connectivity index (χ1n) is 6.74. The van der Waals surface area contributed by atoms with Crippen LogP contribution in [0.4, 0.5) is 15.8 Å². The molecule has 0 saturated carbocycles. The molecule has 1 heterocycles. The van der Waals surface area contributed by atoms with Crippen molar-refractivity contribution in [1.82, 2.24) is 4.57 Å². The number of rotatable bonds is 5. The van der Waals surface area contributed by atoms with Crippen molar-refractivity contribution in [3.63, 3.8) is 0 Å². The average molecular weight is 308 g/mol. The Morgan fingerprint density at radius 3 is 2.73 bits per heavy atom. The predicted molar refractivity (Wildman–Crippen MR) is 82.8 cm³/mol. The molecule has 0 fully saturated rings. The molecule has 8 heteroatoms. The Hall–Kier alpha value is -2.61. The largest absolute Gasteiger partial charge is 0.477 e. The molecule has 6 N–H and O–H groups in total. The zero-order chi connectivity index (χ0) is 16.4. The SMILES string of the molecule is CCn1cc(C(=O)O)c(=O)c2c(N)c(F)c(NCCN)cc21. The van der Waals surface area contributed by atoms with E-state index in [-0.39, 0.29) is 16.8 Å². The van der Waals surface area contributed by atoms with Gasteiger partial charge < -0.3 is 26.5 Å². The summed E-state index contributed by atoms with van der Waals surface area (Å²) in [6, 6.07) is 1.44. The summed E-state index contributed by atoms with van der Waals surface area (Å²) in [4.78, 5) is 23.4. The van der Waals surface area contributed by atoms with Crippen LogP contribution in [-0.4, -0.2) is 28.7 Å². The Labute approximate surface area is 125 Å². The maximum absolute atomic E-state index is 14.3. The fourth-order valence-electron chi connectivity index (χ4n) is 2.30. The van der Waals surface area contributed by atoms with Crippen LogP contribution < -0.4 is 22.2 Å². The summed E-state index contributed by atoms with van der Waals surface area (Å²) in [5, 5.41) is 11.8. The maximum Gasteiger partial charge on any atom is 0.341 e. The summed E-state index contributed by atoms with van der Waals surface area (Å²) in [6.45, 7) is 2.82. The third-order valence-corrected chi connectivity index (χ3v) is 3.38. The van der Waals surface area contributed by atoms with E-state index in [1.807, 2.05) is 0 Å². The molecule has 0 aliphatic heterocycles. The molecule has 0 spiro atoms. The number of nitrogens with one attached hydrogen (secondary N) is 1. The summed E-state index contributed by atoms with van der Waals surface area (Å²) >= 11 is 0. The number of nitrogens with two attached hydrogens (primary N) is 2. The number of fused-ring (bicyclic) bond motifs is 1. The van der Waals surface area contributed by atoms with Gasteiger partial charge in [0.2, 0.25) is 5.43 Å². The lowest BCUT2D eigenvalue weighted by atomic mass is 10.1. The minimum Gasteiger partial charge on any atom is -0.477 e. The van der Waals surface area contributed by atoms with E-state index in [1.165, 1.54) is 12.3 Å². The lowest BCUT2D eigenvalue weighted by molar-refractivity contribution is 0.0695. The van der Waals surface area contributed by atoms with E-state index >= 15 is 0 Å². The molecule has 0 bridgehead atoms. The van der Waals surface area contributed by atoms with Gasteiger partial charge in [0.15, 0.2) is 5.82 Å². The molecule has 7 nitrogen and oxygen atoms in total. The van der Waals surface area contributed by atoms with Gasteiger partial charge in [0.05, 0.1) is 22.3 Å². The van der Waals surface area contributed by atoms with Crippen LogP contribution in [0.5, 0.6) is 0 Å². The standard InChI is InChI=1S/C14H17FN4O3/c1-2-19-6-7(14(21)22)13(20)10-9(19)5-8(18-4-3-16)11(15)12(10)17/h5-6,18H,2-4,16-17H2,1H3,(H,21,22). The van der Waals surface area contributed by atoms with E-state index in [1.54, 1.807) is 11.5 Å². The second kappa shape index (κ2) is 6.02. The molecule has 118 valence electrons. The zero-order valence-electron chi connectivity index (χ0n) is 12.0. The topological polar surface area (TPSA) is 123 Å². The number of carboxylic acids is 1. The van der Waals surface area contributed by atoms with E-state index in [0.717, 1.165) is 0 Å². The molecular weight excluding hydrogens is 291 g/mol. The first-order chi connectivity index (χ1) is 10.4. The van der Waals surface area contributed by atoms with Crippen LogP contribution in [0, 0.1) is 5.82 Å². The van der Waals surface area contributed by atoms with E-state index in [9.17, 15) is 14.0 Å². The minimum absolute atomic E-state index is 0.125. The highest BCUT2D eigenvalue weighted by molar-refractivity contribution is 5.99. The van der Waals surface area contributed by atoms with Gasteiger partial charge in [-0.25, -0.2) is 9.18 Å². The number of carbonyl (C=O) groups is 1. The van der Waals surface area contributed by atoms with Crippen LogP contribution in [0.1, 0.15) is 17.3 Å². The van der Waals surface area contributed by atoms with Crippen LogP contribution in [0.2, 0.25) is 0 Å². The fourth-order valence-corrected chi connectivity index (χ4v) is 2.30. The number of hydrogen-bond donors (Lipinski definition) is 4. The van der Waals surface area contributed by atoms with Crippen molar-refractivity contribution in [3.05, 3.63) is 33.9 Å². The van der Waals surface area contributed by atoms with Crippen molar-refractivity contribution >= 4 is 28.2 Å². The molecule has 2 aromatic rings. The van der Waals surface area contributed by atoms with Crippen LogP contribution in [0.3, 0.4) is 0 Å². The number of benzene rings is 1. The second-order valence-electron chi connectivity index (χ2n) is 4.72. The maximum atomic E-state index is 14.3. The van der Waals surface area contributed by atoms with Gasteiger partial charge in [-0.15, -0.1) is 0 Å². The molecule has 1 aromatic heterocycles. The Balaban J connectivity index is 2.87. The van der Waals surface area contributed by atoms with Crippen molar-refractivity contribution in [2.24, 2.45) is 5.73 Å². The highest BCUT2D eigenvalue weighted by Gasteiger charge is 2.20. The molecular formula is C14H17FN4O3. The molecule has 0 aliphatic rings. The van der Waals surface area contributed by atoms with Gasteiger partial charge >= 0.3 is 5.97 Å². The number of aryl methyl sites for hydroxylation is 1. The van der Waals surface area contributed by atoms with Gasteiger partial charge in [-0.1, -0.05) is 0 Å². The third kappa shape index (κ3) is 2.48. The Kier molecular flexibility index (Phi) is 4.32. The lowest BCUT2D eigenvalue weighted by Crippen LogP contribution is -2.21. The van der Waals surface area contributed by atoms with Crippen molar-refractivity contribution in [1.29, 1.82) is 0 Å². The van der Waals surface area contributed by atoms with Crippen LogP contribution in [-0.2, 0) is 6.54 Å². The van der Waals surface area contributed by atoms with Crippen molar-refractivity contribution in [2.45, 2.75) is 13.5 Å². The first kappa shape index (κ1) is 15.8. The van der Waals surface area contributed by atoms with E-state index < -0.39 is 22.8 Å². The number of carboxylic acid groups (broad SMARTS) is 1. The predicted octanol–water partition coefficient (Wildman–Crippen LogP) is 0.812. The van der Waals surface area contributed by atoms with Crippen molar-refractivity contribution in [3.8, 4) is 0 Å². The molecule has 0 atom stereocenters. The van der Waals surface area contributed by atoms with Gasteiger partial charge in [-0.2, -0.15) is 0 Å². The zero-order valence-corrected chi connectivity index (χ0v) is 12.0. The molecule has 2 rings (SSSR count). The smallest absolute Gasteiger partial charge is 0.341 e. The normalized spacial score (nSPS) is 10.9. The second-order valence-corrected chi connectivity index (χ2v) is 4.72. The van der Waals surface area contributed by atoms with E-state index in [0.29, 0.717) is 25.2 Å². The number of aromatic carboxylic acids is 1. The number of aromatic nitrogens is 1. The highest BCUT2D eigenvalue weighted by Crippen LogP contribution is 2.28. The Morgan fingerprint density at radius 2 is 2.18 bits per heavy atom. The summed E-state index contributed by atoms with van der Waals surface area (Å²) in [5.74, 6) is -2.16. The molecule has 0 amide bonds. The van der Waals surface area contributed by atoms with Gasteiger partial charge in [0.25, 0.3) is 0 Å². The Morgan fingerprint density at radius 1 is 1.50 bits per heavy atom. The summed E-state index contributed by atoms with van der Waals surface area (Å²) in [7, 11) is 0. The average Bonchev–Trinajstić information content (AvgIpc) is 2.49. The molecule has 22 heavy (non-hydrogen) atoms. The first-order valence-corrected chi connectivity index (χ1v) is 6.74. The van der Waals surface area contributed by atoms with Crippen molar-refractivity contribution < 1.29 is 14.3 Å². The van der Waals surface area contributed by atoms with Crippen molar-refractivity contribution in [2.75, 3.05) is 24.1 Å². The Bertz CT molecular complexity index is 801. The van der Waals surface area contributed by atoms with Crippen LogP contribution in [0.25, 0.3) is 10.9 Å². The monoisotopic (exact) mass is 308 g/mol. The lowest BCUT2D eigenvalue weighted by Gasteiger charge is -2.15.